The van der Waals surface area contributed by atoms with Crippen molar-refractivity contribution in [3.8, 4) is 11.5 Å². The molecule has 0 saturated carbocycles. The Bertz CT molecular complexity index is 984. The minimum atomic E-state index is -1.06. The molecule has 1 unspecified atom stereocenters. The fourth-order valence-electron chi connectivity index (χ4n) is 4.17. The number of hydrogen-bond donors (Lipinski definition) is 0. The molecule has 3 rings (SSSR count). The first kappa shape index (κ1) is 23.4. The van der Waals surface area contributed by atoms with E-state index in [1.54, 1.807) is 14.2 Å². The zero-order valence-corrected chi connectivity index (χ0v) is 19.1. The standard InChI is InChI=1S/C28H32O4/c1-20-26(31-2)18-25(19-27(20)32-3)24(11-7-10-21-8-5-4-6-9-21)16-22-12-14-23(15-13-22)17-28(29)30/h4-6,8-9,12-15,18-19,24H,7,10-11,16-17H2,1-3H3,(H,29,30)/p-1. The van der Waals surface area contributed by atoms with Gasteiger partial charge in [0.05, 0.1) is 14.2 Å². The van der Waals surface area contributed by atoms with E-state index in [-0.39, 0.29) is 12.3 Å². The third-order valence-electron chi connectivity index (χ3n) is 5.96. The van der Waals surface area contributed by atoms with Gasteiger partial charge in [-0.2, -0.15) is 0 Å². The molecule has 0 aromatic heterocycles. The zero-order valence-electron chi connectivity index (χ0n) is 19.1. The Labute approximate surface area is 190 Å². The lowest BCUT2D eigenvalue weighted by Crippen LogP contribution is -2.24. The van der Waals surface area contributed by atoms with E-state index in [2.05, 4.69) is 36.4 Å². The first-order chi connectivity index (χ1) is 15.5. The topological polar surface area (TPSA) is 58.6 Å². The van der Waals surface area contributed by atoms with Crippen LogP contribution in [0.15, 0.2) is 66.7 Å². The van der Waals surface area contributed by atoms with Crippen molar-refractivity contribution < 1.29 is 19.4 Å². The second-order valence-electron chi connectivity index (χ2n) is 8.19. The van der Waals surface area contributed by atoms with E-state index in [0.29, 0.717) is 0 Å². The molecule has 0 fully saturated rings. The molecular weight excluding hydrogens is 400 g/mol. The van der Waals surface area contributed by atoms with E-state index in [4.69, 9.17) is 9.47 Å². The van der Waals surface area contributed by atoms with Crippen molar-refractivity contribution in [2.24, 2.45) is 0 Å². The van der Waals surface area contributed by atoms with Crippen molar-refractivity contribution in [1.82, 2.24) is 0 Å². The second kappa shape index (κ2) is 11.4. The maximum Gasteiger partial charge on any atom is 0.125 e. The van der Waals surface area contributed by atoms with Crippen LogP contribution in [0.25, 0.3) is 0 Å². The predicted molar refractivity (Wildman–Crippen MR) is 125 cm³/mol. The third kappa shape index (κ3) is 6.36. The molecule has 0 amide bonds. The summed E-state index contributed by atoms with van der Waals surface area (Å²) in [4.78, 5) is 10.9. The highest BCUT2D eigenvalue weighted by molar-refractivity contribution is 5.67. The molecule has 0 heterocycles. The SMILES string of the molecule is COc1cc(C(CCCc2ccccc2)Cc2ccc(CC(=O)[O-])cc2)cc(OC)c1C. The summed E-state index contributed by atoms with van der Waals surface area (Å²) in [6, 6.07) is 22.6. The van der Waals surface area contributed by atoms with Crippen LogP contribution in [0.3, 0.4) is 0 Å². The molecule has 3 aromatic rings. The summed E-state index contributed by atoms with van der Waals surface area (Å²) in [7, 11) is 3.37. The van der Waals surface area contributed by atoms with Crippen LogP contribution in [0.5, 0.6) is 11.5 Å². The fourth-order valence-corrected chi connectivity index (χ4v) is 4.17. The van der Waals surface area contributed by atoms with Crippen molar-refractivity contribution in [1.29, 1.82) is 0 Å². The Morgan fingerprint density at radius 2 is 1.47 bits per heavy atom. The number of carbonyl (C=O) groups is 1. The van der Waals surface area contributed by atoms with Crippen molar-refractivity contribution in [3.05, 3.63) is 94.5 Å². The number of aryl methyl sites for hydroxylation is 1. The lowest BCUT2D eigenvalue weighted by molar-refractivity contribution is -0.304. The average Bonchev–Trinajstić information content (AvgIpc) is 2.80. The second-order valence-corrected chi connectivity index (χ2v) is 8.19. The number of carboxylic acid groups (broad SMARTS) is 1. The number of hydrogen-bond acceptors (Lipinski definition) is 4. The molecule has 0 saturated heterocycles. The van der Waals surface area contributed by atoms with Gasteiger partial charge in [0.15, 0.2) is 0 Å². The Morgan fingerprint density at radius 1 is 0.875 bits per heavy atom. The lowest BCUT2D eigenvalue weighted by Gasteiger charge is -2.21. The quantitative estimate of drug-likeness (QED) is 0.443. The van der Waals surface area contributed by atoms with Gasteiger partial charge in [-0.1, -0.05) is 54.6 Å². The van der Waals surface area contributed by atoms with E-state index >= 15 is 0 Å². The smallest absolute Gasteiger partial charge is 0.125 e. The summed E-state index contributed by atoms with van der Waals surface area (Å²) >= 11 is 0. The summed E-state index contributed by atoms with van der Waals surface area (Å²) in [6.45, 7) is 2.00. The molecule has 0 aliphatic heterocycles. The molecule has 0 spiro atoms. The summed E-state index contributed by atoms with van der Waals surface area (Å²) < 4.78 is 11.2. The average molecular weight is 432 g/mol. The summed E-state index contributed by atoms with van der Waals surface area (Å²) in [5, 5.41) is 10.9. The molecule has 168 valence electrons. The van der Waals surface area contributed by atoms with E-state index in [1.807, 2.05) is 37.3 Å². The Balaban J connectivity index is 1.83. The van der Waals surface area contributed by atoms with Crippen molar-refractivity contribution in [3.63, 3.8) is 0 Å². The fraction of sp³-hybridized carbons (Fsp3) is 0.321. The number of ether oxygens (including phenoxy) is 2. The Hall–Kier alpha value is -3.27. The number of benzene rings is 3. The number of rotatable bonds is 11. The van der Waals surface area contributed by atoms with Crippen LogP contribution in [0.2, 0.25) is 0 Å². The van der Waals surface area contributed by atoms with E-state index < -0.39 is 5.97 Å². The lowest BCUT2D eigenvalue weighted by atomic mass is 9.86. The zero-order chi connectivity index (χ0) is 22.9. The maximum atomic E-state index is 10.9. The van der Waals surface area contributed by atoms with Crippen LogP contribution in [0, 0.1) is 6.92 Å². The van der Waals surface area contributed by atoms with Crippen LogP contribution in [-0.4, -0.2) is 20.2 Å². The minimum absolute atomic E-state index is 0.0624. The molecule has 3 aromatic carbocycles. The normalized spacial score (nSPS) is 11.7. The van der Waals surface area contributed by atoms with Crippen LogP contribution < -0.4 is 14.6 Å². The van der Waals surface area contributed by atoms with Gasteiger partial charge in [-0.15, -0.1) is 0 Å². The highest BCUT2D eigenvalue weighted by atomic mass is 16.5. The molecular formula is C28H31O4-. The molecule has 4 heteroatoms. The third-order valence-corrected chi connectivity index (χ3v) is 5.96. The van der Waals surface area contributed by atoms with Crippen LogP contribution in [0.4, 0.5) is 0 Å². The molecule has 0 bridgehead atoms. The van der Waals surface area contributed by atoms with Crippen molar-refractivity contribution in [2.75, 3.05) is 14.2 Å². The Kier molecular flexibility index (Phi) is 8.32. The van der Waals surface area contributed by atoms with Crippen molar-refractivity contribution in [2.45, 2.75) is 44.9 Å². The molecule has 0 aliphatic carbocycles. The van der Waals surface area contributed by atoms with Crippen molar-refractivity contribution >= 4 is 5.97 Å². The van der Waals surface area contributed by atoms with Crippen LogP contribution >= 0.6 is 0 Å². The molecule has 0 aliphatic rings. The summed E-state index contributed by atoms with van der Waals surface area (Å²) in [6.07, 6.45) is 3.91. The van der Waals surface area contributed by atoms with Gasteiger partial charge in [0.2, 0.25) is 0 Å². The van der Waals surface area contributed by atoms with Gasteiger partial charge in [0.1, 0.15) is 11.5 Å². The molecule has 4 nitrogen and oxygen atoms in total. The van der Waals surface area contributed by atoms with E-state index in [1.165, 1.54) is 16.7 Å². The maximum absolute atomic E-state index is 10.9. The van der Waals surface area contributed by atoms with Crippen LogP contribution in [0.1, 0.15) is 46.6 Å². The van der Waals surface area contributed by atoms with Gasteiger partial charge in [0.25, 0.3) is 0 Å². The number of carboxylic acids is 1. The summed E-state index contributed by atoms with van der Waals surface area (Å²) in [5.74, 6) is 0.887. The van der Waals surface area contributed by atoms with Gasteiger partial charge < -0.3 is 19.4 Å². The highest BCUT2D eigenvalue weighted by Crippen LogP contribution is 2.36. The number of aliphatic carboxylic acids is 1. The van der Waals surface area contributed by atoms with Gasteiger partial charge in [0, 0.05) is 18.0 Å². The molecule has 0 N–H and O–H groups in total. The molecule has 0 radical (unpaired) electrons. The summed E-state index contributed by atoms with van der Waals surface area (Å²) in [5.41, 5.74) is 5.46. The van der Waals surface area contributed by atoms with E-state index in [9.17, 15) is 9.90 Å². The minimum Gasteiger partial charge on any atom is -0.550 e. The largest absolute Gasteiger partial charge is 0.550 e. The molecule has 1 atom stereocenters. The predicted octanol–water partition coefficient (Wildman–Crippen LogP) is 4.65. The van der Waals surface area contributed by atoms with Gasteiger partial charge in [-0.05, 0) is 72.9 Å². The highest BCUT2D eigenvalue weighted by Gasteiger charge is 2.17. The van der Waals surface area contributed by atoms with Gasteiger partial charge >= 0.3 is 0 Å². The van der Waals surface area contributed by atoms with E-state index in [0.717, 1.165) is 48.3 Å². The van der Waals surface area contributed by atoms with Gasteiger partial charge in [-0.3, -0.25) is 0 Å². The number of carbonyl (C=O) groups excluding carboxylic acids is 1. The number of methoxy groups -OCH3 is 2. The van der Waals surface area contributed by atoms with Crippen LogP contribution in [-0.2, 0) is 24.1 Å². The monoisotopic (exact) mass is 431 g/mol. The molecule has 32 heavy (non-hydrogen) atoms. The first-order valence-electron chi connectivity index (χ1n) is 11.0. The van der Waals surface area contributed by atoms with Gasteiger partial charge in [-0.25, -0.2) is 0 Å². The first-order valence-corrected chi connectivity index (χ1v) is 11.0. The Morgan fingerprint density at radius 3 is 2.03 bits per heavy atom.